The molecule has 3 rings (SSSR count). The normalized spacial score (nSPS) is 20.6. The van der Waals surface area contributed by atoms with E-state index in [1.165, 1.54) is 18.5 Å². The standard InChI is InChI=1S/C14H18ClN3S/c15-13-9-11(3-4-12(13)14(16)19)18-7-5-17(6-8-18)10-1-2-10/h3-4,9-10H,1-2,5-8H2,(H2,16,19). The van der Waals surface area contributed by atoms with Crippen molar-refractivity contribution in [1.29, 1.82) is 0 Å². The molecular weight excluding hydrogens is 278 g/mol. The van der Waals surface area contributed by atoms with Gasteiger partial charge in [-0.1, -0.05) is 23.8 Å². The minimum Gasteiger partial charge on any atom is -0.389 e. The molecule has 0 spiro atoms. The van der Waals surface area contributed by atoms with Crippen LogP contribution >= 0.6 is 23.8 Å². The van der Waals surface area contributed by atoms with Gasteiger partial charge in [0.25, 0.3) is 0 Å². The topological polar surface area (TPSA) is 32.5 Å². The molecule has 3 nitrogen and oxygen atoms in total. The molecule has 1 aromatic rings. The van der Waals surface area contributed by atoms with Gasteiger partial charge in [-0.15, -0.1) is 0 Å². The van der Waals surface area contributed by atoms with Crippen molar-refractivity contribution >= 4 is 34.5 Å². The molecule has 19 heavy (non-hydrogen) atoms. The maximum Gasteiger partial charge on any atom is 0.105 e. The molecule has 0 unspecified atom stereocenters. The van der Waals surface area contributed by atoms with Crippen molar-refractivity contribution in [2.24, 2.45) is 5.73 Å². The Labute approximate surface area is 124 Å². The third-order valence-corrected chi connectivity index (χ3v) is 4.49. The number of halogens is 1. The summed E-state index contributed by atoms with van der Waals surface area (Å²) in [6.07, 6.45) is 2.77. The van der Waals surface area contributed by atoms with E-state index in [1.807, 2.05) is 12.1 Å². The Morgan fingerprint density at radius 1 is 1.21 bits per heavy atom. The van der Waals surface area contributed by atoms with Crippen LogP contribution in [-0.4, -0.2) is 42.1 Å². The van der Waals surface area contributed by atoms with Gasteiger partial charge in [0.1, 0.15) is 4.99 Å². The zero-order chi connectivity index (χ0) is 13.4. The zero-order valence-corrected chi connectivity index (χ0v) is 12.4. The highest BCUT2D eigenvalue weighted by molar-refractivity contribution is 7.80. The summed E-state index contributed by atoms with van der Waals surface area (Å²) in [7, 11) is 0. The molecule has 1 saturated heterocycles. The molecule has 1 aliphatic heterocycles. The average molecular weight is 296 g/mol. The van der Waals surface area contributed by atoms with Gasteiger partial charge in [-0.25, -0.2) is 0 Å². The SMILES string of the molecule is NC(=S)c1ccc(N2CCN(C3CC3)CC2)cc1Cl. The van der Waals surface area contributed by atoms with Crippen LogP contribution in [0.2, 0.25) is 5.02 Å². The molecule has 102 valence electrons. The van der Waals surface area contributed by atoms with E-state index in [1.54, 1.807) is 0 Å². The van der Waals surface area contributed by atoms with Crippen molar-refractivity contribution in [3.8, 4) is 0 Å². The highest BCUT2D eigenvalue weighted by atomic mass is 35.5. The fourth-order valence-corrected chi connectivity index (χ4v) is 3.20. The number of rotatable bonds is 3. The lowest BCUT2D eigenvalue weighted by Crippen LogP contribution is -2.47. The quantitative estimate of drug-likeness (QED) is 0.867. The van der Waals surface area contributed by atoms with Crippen molar-refractivity contribution in [2.75, 3.05) is 31.1 Å². The van der Waals surface area contributed by atoms with E-state index in [9.17, 15) is 0 Å². The van der Waals surface area contributed by atoms with Crippen molar-refractivity contribution < 1.29 is 0 Å². The van der Waals surface area contributed by atoms with E-state index < -0.39 is 0 Å². The fraction of sp³-hybridized carbons (Fsp3) is 0.500. The second-order valence-corrected chi connectivity index (χ2v) is 6.13. The van der Waals surface area contributed by atoms with Gasteiger partial charge in [0.2, 0.25) is 0 Å². The first-order chi connectivity index (χ1) is 9.15. The van der Waals surface area contributed by atoms with E-state index in [4.69, 9.17) is 29.6 Å². The number of hydrogen-bond acceptors (Lipinski definition) is 3. The van der Waals surface area contributed by atoms with Crippen LogP contribution in [0, 0.1) is 0 Å². The molecule has 0 amide bonds. The van der Waals surface area contributed by atoms with Crippen molar-refractivity contribution in [2.45, 2.75) is 18.9 Å². The molecule has 1 saturated carbocycles. The number of hydrogen-bond donors (Lipinski definition) is 1. The lowest BCUT2D eigenvalue weighted by atomic mass is 10.1. The summed E-state index contributed by atoms with van der Waals surface area (Å²) in [4.78, 5) is 5.34. The summed E-state index contributed by atoms with van der Waals surface area (Å²) >= 11 is 11.2. The van der Waals surface area contributed by atoms with Crippen molar-refractivity contribution in [3.05, 3.63) is 28.8 Å². The summed E-state index contributed by atoms with van der Waals surface area (Å²) in [6, 6.07) is 6.83. The molecule has 5 heteroatoms. The Morgan fingerprint density at radius 2 is 1.89 bits per heavy atom. The van der Waals surface area contributed by atoms with Gasteiger partial charge in [-0.2, -0.15) is 0 Å². The average Bonchev–Trinajstić information content (AvgIpc) is 3.22. The van der Waals surface area contributed by atoms with Gasteiger partial charge in [0.05, 0.1) is 5.02 Å². The zero-order valence-electron chi connectivity index (χ0n) is 10.8. The van der Waals surface area contributed by atoms with Gasteiger partial charge >= 0.3 is 0 Å². The molecular formula is C14H18ClN3S. The Hall–Kier alpha value is -0.840. The molecule has 2 N–H and O–H groups in total. The lowest BCUT2D eigenvalue weighted by molar-refractivity contribution is 0.248. The number of anilines is 1. The lowest BCUT2D eigenvalue weighted by Gasteiger charge is -2.36. The number of piperazine rings is 1. The van der Waals surface area contributed by atoms with E-state index >= 15 is 0 Å². The molecule has 2 aliphatic rings. The smallest absolute Gasteiger partial charge is 0.105 e. The van der Waals surface area contributed by atoms with Gasteiger partial charge in [-0.3, -0.25) is 4.90 Å². The highest BCUT2D eigenvalue weighted by Crippen LogP contribution is 2.29. The summed E-state index contributed by atoms with van der Waals surface area (Å²) in [5.74, 6) is 0. The molecule has 0 radical (unpaired) electrons. The van der Waals surface area contributed by atoms with Crippen LogP contribution < -0.4 is 10.6 Å². The third kappa shape index (κ3) is 2.86. The van der Waals surface area contributed by atoms with Crippen molar-refractivity contribution in [3.63, 3.8) is 0 Å². The van der Waals surface area contributed by atoms with Gasteiger partial charge in [0.15, 0.2) is 0 Å². The first-order valence-electron chi connectivity index (χ1n) is 6.73. The first kappa shape index (κ1) is 13.2. The van der Waals surface area contributed by atoms with Crippen molar-refractivity contribution in [1.82, 2.24) is 4.90 Å². The Morgan fingerprint density at radius 3 is 2.42 bits per heavy atom. The molecule has 0 atom stereocenters. The monoisotopic (exact) mass is 295 g/mol. The second-order valence-electron chi connectivity index (χ2n) is 5.28. The molecule has 0 bridgehead atoms. The number of nitrogens with zero attached hydrogens (tertiary/aromatic N) is 2. The predicted octanol–water partition coefficient (Wildman–Crippen LogP) is 2.26. The van der Waals surface area contributed by atoms with Gasteiger partial charge < -0.3 is 10.6 Å². The summed E-state index contributed by atoms with van der Waals surface area (Å²) < 4.78 is 0. The van der Waals surface area contributed by atoms with Crippen LogP contribution in [0.4, 0.5) is 5.69 Å². The van der Waals surface area contributed by atoms with Crippen LogP contribution in [0.1, 0.15) is 18.4 Å². The van der Waals surface area contributed by atoms with Crippen LogP contribution in [0.25, 0.3) is 0 Å². The maximum absolute atomic E-state index is 6.23. The van der Waals surface area contributed by atoms with Crippen LogP contribution in [0.5, 0.6) is 0 Å². The highest BCUT2D eigenvalue weighted by Gasteiger charge is 2.31. The second kappa shape index (κ2) is 5.27. The summed E-state index contributed by atoms with van der Waals surface area (Å²) in [5.41, 5.74) is 7.56. The number of thiocarbonyl (C=S) groups is 1. The number of benzene rings is 1. The van der Waals surface area contributed by atoms with Crippen LogP contribution in [0.15, 0.2) is 18.2 Å². The van der Waals surface area contributed by atoms with Crippen LogP contribution in [0.3, 0.4) is 0 Å². The van der Waals surface area contributed by atoms with E-state index in [0.29, 0.717) is 10.0 Å². The Kier molecular flexibility index (Phi) is 3.65. The summed E-state index contributed by atoms with van der Waals surface area (Å²) in [5, 5.41) is 0.648. The Bertz CT molecular complexity index is 493. The van der Waals surface area contributed by atoms with Gasteiger partial charge in [0, 0.05) is 43.5 Å². The third-order valence-electron chi connectivity index (χ3n) is 3.96. The fourth-order valence-electron chi connectivity index (χ4n) is 2.69. The minimum atomic E-state index is 0.357. The Balaban J connectivity index is 1.69. The van der Waals surface area contributed by atoms with E-state index in [2.05, 4.69) is 15.9 Å². The predicted molar refractivity (Wildman–Crippen MR) is 84.1 cm³/mol. The molecule has 1 heterocycles. The summed E-state index contributed by atoms with van der Waals surface area (Å²) in [6.45, 7) is 4.44. The van der Waals surface area contributed by atoms with E-state index in [0.717, 1.165) is 37.8 Å². The molecule has 0 aromatic heterocycles. The number of nitrogens with two attached hydrogens (primary N) is 1. The first-order valence-corrected chi connectivity index (χ1v) is 7.52. The van der Waals surface area contributed by atoms with E-state index in [-0.39, 0.29) is 0 Å². The maximum atomic E-state index is 6.23. The molecule has 1 aromatic carbocycles. The van der Waals surface area contributed by atoms with Crippen LogP contribution in [-0.2, 0) is 0 Å². The molecule has 2 fully saturated rings. The molecule has 1 aliphatic carbocycles. The minimum absolute atomic E-state index is 0.357. The largest absolute Gasteiger partial charge is 0.389 e. The van der Waals surface area contributed by atoms with Gasteiger partial charge in [-0.05, 0) is 31.0 Å².